The second-order valence-corrected chi connectivity index (χ2v) is 5.77. The number of halogens is 1. The maximum atomic E-state index is 13.8. The van der Waals surface area contributed by atoms with Crippen LogP contribution in [-0.4, -0.2) is 19.3 Å². The molecule has 114 valence electrons. The first-order valence-electron chi connectivity index (χ1n) is 7.73. The summed E-state index contributed by atoms with van der Waals surface area (Å²) in [6.07, 6.45) is 2.24. The van der Waals surface area contributed by atoms with E-state index in [1.165, 1.54) is 6.07 Å². The van der Waals surface area contributed by atoms with Crippen LogP contribution in [0.2, 0.25) is 0 Å². The lowest BCUT2D eigenvalue weighted by Crippen LogP contribution is -2.32. The van der Waals surface area contributed by atoms with Gasteiger partial charge in [-0.2, -0.15) is 0 Å². The van der Waals surface area contributed by atoms with Gasteiger partial charge in [-0.1, -0.05) is 19.1 Å². The Morgan fingerprint density at radius 1 is 1.43 bits per heavy atom. The van der Waals surface area contributed by atoms with Crippen molar-refractivity contribution < 1.29 is 13.5 Å². The van der Waals surface area contributed by atoms with Crippen LogP contribution in [0.4, 0.5) is 4.39 Å². The third-order valence-electron chi connectivity index (χ3n) is 4.30. The van der Waals surface area contributed by atoms with Crippen LogP contribution in [0.3, 0.4) is 0 Å². The van der Waals surface area contributed by atoms with Crippen LogP contribution in [-0.2, 0) is 4.74 Å². The molecule has 1 aromatic heterocycles. The predicted octanol–water partition coefficient (Wildman–Crippen LogP) is 4.04. The van der Waals surface area contributed by atoms with Gasteiger partial charge in [0.05, 0.1) is 12.1 Å². The summed E-state index contributed by atoms with van der Waals surface area (Å²) in [4.78, 5) is 0. The van der Waals surface area contributed by atoms with E-state index < -0.39 is 0 Å². The molecule has 3 rings (SSSR count). The standard InChI is InChI=1S/C17H22FNO2/c1-3-8-19-16(13-7-9-20-11(13)2)15-10-12-5-4-6-14(18)17(12)21-15/h4-6,10-11,13,16,19H,3,7-9H2,1-2H3. The fraction of sp³-hybridized carbons (Fsp3) is 0.529. The van der Waals surface area contributed by atoms with Crippen molar-refractivity contribution >= 4 is 11.0 Å². The topological polar surface area (TPSA) is 34.4 Å². The largest absolute Gasteiger partial charge is 0.456 e. The minimum Gasteiger partial charge on any atom is -0.456 e. The third kappa shape index (κ3) is 2.83. The molecular weight excluding hydrogens is 269 g/mol. The van der Waals surface area contributed by atoms with Crippen LogP contribution in [0.15, 0.2) is 28.7 Å². The molecular formula is C17H22FNO2. The summed E-state index contributed by atoms with van der Waals surface area (Å²) < 4.78 is 25.3. The maximum absolute atomic E-state index is 13.8. The molecule has 0 spiro atoms. The maximum Gasteiger partial charge on any atom is 0.169 e. The zero-order valence-corrected chi connectivity index (χ0v) is 12.6. The zero-order chi connectivity index (χ0) is 14.8. The SMILES string of the molecule is CCCNC(c1cc2cccc(F)c2o1)C1CCOC1C. The lowest BCUT2D eigenvalue weighted by Gasteiger charge is -2.25. The van der Waals surface area contributed by atoms with Gasteiger partial charge >= 0.3 is 0 Å². The minimum atomic E-state index is -0.302. The quantitative estimate of drug-likeness (QED) is 0.903. The molecule has 1 saturated heterocycles. The van der Waals surface area contributed by atoms with Crippen molar-refractivity contribution in [2.75, 3.05) is 13.2 Å². The average molecular weight is 291 g/mol. The number of furan rings is 1. The van der Waals surface area contributed by atoms with E-state index >= 15 is 0 Å². The molecule has 1 N–H and O–H groups in total. The molecule has 0 aliphatic carbocycles. The average Bonchev–Trinajstić information content (AvgIpc) is 3.07. The number of nitrogens with one attached hydrogen (secondary N) is 1. The van der Waals surface area contributed by atoms with Crippen molar-refractivity contribution in [2.45, 2.75) is 38.8 Å². The van der Waals surface area contributed by atoms with Gasteiger partial charge in [-0.05, 0) is 38.4 Å². The summed E-state index contributed by atoms with van der Waals surface area (Å²) in [6.45, 7) is 5.93. The summed E-state index contributed by atoms with van der Waals surface area (Å²) in [6, 6.07) is 7.07. The Morgan fingerprint density at radius 2 is 2.29 bits per heavy atom. The molecule has 1 aliphatic heterocycles. The first-order valence-corrected chi connectivity index (χ1v) is 7.73. The Balaban J connectivity index is 1.95. The third-order valence-corrected chi connectivity index (χ3v) is 4.30. The van der Waals surface area contributed by atoms with Crippen LogP contribution in [0.25, 0.3) is 11.0 Å². The number of benzene rings is 1. The number of rotatable bonds is 5. The second-order valence-electron chi connectivity index (χ2n) is 5.77. The zero-order valence-electron chi connectivity index (χ0n) is 12.6. The summed E-state index contributed by atoms with van der Waals surface area (Å²) in [5.74, 6) is 0.870. The van der Waals surface area contributed by atoms with E-state index in [1.807, 2.05) is 12.1 Å². The molecule has 2 aromatic rings. The van der Waals surface area contributed by atoms with Gasteiger partial charge in [0, 0.05) is 17.9 Å². The van der Waals surface area contributed by atoms with E-state index in [0.29, 0.717) is 11.5 Å². The Labute approximate surface area is 124 Å². The molecule has 3 nitrogen and oxygen atoms in total. The van der Waals surface area contributed by atoms with Crippen LogP contribution in [0, 0.1) is 11.7 Å². The number of hydrogen-bond donors (Lipinski definition) is 1. The molecule has 1 aliphatic rings. The van der Waals surface area contributed by atoms with Crippen LogP contribution in [0.1, 0.15) is 38.5 Å². The van der Waals surface area contributed by atoms with Crippen molar-refractivity contribution in [3.05, 3.63) is 35.8 Å². The van der Waals surface area contributed by atoms with Crippen molar-refractivity contribution in [3.8, 4) is 0 Å². The van der Waals surface area contributed by atoms with E-state index in [1.54, 1.807) is 6.07 Å². The summed E-state index contributed by atoms with van der Waals surface area (Å²) in [7, 11) is 0. The molecule has 2 heterocycles. The summed E-state index contributed by atoms with van der Waals surface area (Å²) >= 11 is 0. The molecule has 0 bridgehead atoms. The lowest BCUT2D eigenvalue weighted by atomic mass is 9.91. The van der Waals surface area contributed by atoms with Crippen molar-refractivity contribution in [3.63, 3.8) is 0 Å². The van der Waals surface area contributed by atoms with E-state index in [-0.39, 0.29) is 18.0 Å². The normalized spacial score (nSPS) is 23.8. The van der Waals surface area contributed by atoms with Crippen molar-refractivity contribution in [2.24, 2.45) is 5.92 Å². The molecule has 1 aromatic carbocycles. The molecule has 3 atom stereocenters. The number of para-hydroxylation sites is 1. The van der Waals surface area contributed by atoms with Gasteiger partial charge < -0.3 is 14.5 Å². The molecule has 0 saturated carbocycles. The first kappa shape index (κ1) is 14.5. The molecule has 1 fully saturated rings. The van der Waals surface area contributed by atoms with Gasteiger partial charge in [-0.15, -0.1) is 0 Å². The summed E-state index contributed by atoms with van der Waals surface area (Å²) in [5, 5.41) is 4.36. The van der Waals surface area contributed by atoms with Gasteiger partial charge in [0.2, 0.25) is 0 Å². The van der Waals surface area contributed by atoms with Crippen LogP contribution < -0.4 is 5.32 Å². The number of hydrogen-bond acceptors (Lipinski definition) is 3. The van der Waals surface area contributed by atoms with Gasteiger partial charge in [-0.3, -0.25) is 0 Å². The van der Waals surface area contributed by atoms with E-state index in [9.17, 15) is 4.39 Å². The Hall–Kier alpha value is -1.39. The highest BCUT2D eigenvalue weighted by Gasteiger charge is 2.34. The van der Waals surface area contributed by atoms with Gasteiger partial charge in [0.1, 0.15) is 5.76 Å². The van der Waals surface area contributed by atoms with Gasteiger partial charge in [0.15, 0.2) is 11.4 Å². The van der Waals surface area contributed by atoms with Crippen LogP contribution >= 0.6 is 0 Å². The number of ether oxygens (including phenoxy) is 1. The van der Waals surface area contributed by atoms with Gasteiger partial charge in [0.25, 0.3) is 0 Å². The number of fused-ring (bicyclic) bond motifs is 1. The molecule has 4 heteroatoms. The summed E-state index contributed by atoms with van der Waals surface area (Å²) in [5.41, 5.74) is 0.349. The van der Waals surface area contributed by atoms with Crippen molar-refractivity contribution in [1.82, 2.24) is 5.32 Å². The van der Waals surface area contributed by atoms with Crippen LogP contribution in [0.5, 0.6) is 0 Å². The Morgan fingerprint density at radius 3 is 2.95 bits per heavy atom. The lowest BCUT2D eigenvalue weighted by molar-refractivity contribution is 0.0927. The highest BCUT2D eigenvalue weighted by Crippen LogP contribution is 2.36. The monoisotopic (exact) mass is 291 g/mol. The fourth-order valence-electron chi connectivity index (χ4n) is 3.15. The highest BCUT2D eigenvalue weighted by atomic mass is 19.1. The smallest absolute Gasteiger partial charge is 0.169 e. The predicted molar refractivity (Wildman–Crippen MR) is 80.7 cm³/mol. The molecule has 0 radical (unpaired) electrons. The Bertz CT molecular complexity index is 610. The van der Waals surface area contributed by atoms with E-state index in [2.05, 4.69) is 19.2 Å². The molecule has 0 amide bonds. The Kier molecular flexibility index (Phi) is 4.27. The molecule has 21 heavy (non-hydrogen) atoms. The first-order chi connectivity index (χ1) is 10.2. The van der Waals surface area contributed by atoms with E-state index in [0.717, 1.165) is 37.1 Å². The van der Waals surface area contributed by atoms with E-state index in [4.69, 9.17) is 9.15 Å². The molecule has 3 unspecified atom stereocenters. The minimum absolute atomic E-state index is 0.0780. The second kappa shape index (κ2) is 6.16. The highest BCUT2D eigenvalue weighted by molar-refractivity contribution is 5.78. The van der Waals surface area contributed by atoms with Gasteiger partial charge in [-0.25, -0.2) is 4.39 Å². The fourth-order valence-corrected chi connectivity index (χ4v) is 3.15. The van der Waals surface area contributed by atoms with Crippen molar-refractivity contribution in [1.29, 1.82) is 0 Å².